The third-order valence-corrected chi connectivity index (χ3v) is 4.74. The van der Waals surface area contributed by atoms with Crippen LogP contribution in [0.1, 0.15) is 27.7 Å². The first-order chi connectivity index (χ1) is 11.1. The van der Waals surface area contributed by atoms with E-state index in [4.69, 9.17) is 0 Å². The number of rotatable bonds is 1. The summed E-state index contributed by atoms with van der Waals surface area (Å²) < 4.78 is 2.12. The van der Waals surface area contributed by atoms with Gasteiger partial charge in [0, 0.05) is 12.4 Å². The molecule has 3 aromatic rings. The number of hydrogen-bond donors (Lipinski definition) is 0. The molecule has 26 heavy (non-hydrogen) atoms. The molecule has 0 fully saturated rings. The molecule has 4 rings (SSSR count). The number of allylic oxidation sites excluding steroid dienone is 4. The molecule has 0 saturated carbocycles. The number of nitrogens with zero attached hydrogens (tertiary/aromatic N) is 1. The van der Waals surface area contributed by atoms with Crippen LogP contribution in [0.2, 0.25) is 0 Å². The van der Waals surface area contributed by atoms with Gasteiger partial charge < -0.3 is 29.4 Å². The summed E-state index contributed by atoms with van der Waals surface area (Å²) in [5.74, 6) is 0.560. The third kappa shape index (κ3) is 5.52. The first kappa shape index (κ1) is 25.0. The van der Waals surface area contributed by atoms with Gasteiger partial charge in [0.25, 0.3) is 0 Å². The second kappa shape index (κ2) is 11.0. The maximum absolute atomic E-state index is 3.36. The SMILES string of the molecule is CC1=[C-]C(C)C(C)=C1C.[Cl-].[Cl-].[Hf+4].c1ccc2[cH-]c(-n3cccc3)cc2c1. The molecule has 1 nitrogen and oxygen atoms in total. The number of fused-ring (bicyclic) bond motifs is 1. The summed E-state index contributed by atoms with van der Waals surface area (Å²) in [6, 6.07) is 16.9. The summed E-state index contributed by atoms with van der Waals surface area (Å²) in [7, 11) is 0. The van der Waals surface area contributed by atoms with Crippen molar-refractivity contribution in [3.05, 3.63) is 83.7 Å². The van der Waals surface area contributed by atoms with Gasteiger partial charge in [-0.2, -0.15) is 11.1 Å². The van der Waals surface area contributed by atoms with Crippen LogP contribution in [0.3, 0.4) is 0 Å². The molecule has 0 N–H and O–H groups in total. The standard InChI is InChI=1S/C13H10N.C9H13.2ClH.Hf/c1-2-6-12-10-13(9-11(12)5-1)14-7-3-4-8-14;1-6-5-7(2)9(4)8(6)3;;;/h1-10H;6H,1-4H3;2*1H;/q2*-1;;;+4/p-2. The predicted octanol–water partition coefficient (Wildman–Crippen LogP) is 0.0769. The Morgan fingerprint density at radius 3 is 2.04 bits per heavy atom. The van der Waals surface area contributed by atoms with Crippen molar-refractivity contribution in [2.45, 2.75) is 27.7 Å². The summed E-state index contributed by atoms with van der Waals surface area (Å²) in [6.45, 7) is 8.67. The molecule has 1 unspecified atom stereocenters. The summed E-state index contributed by atoms with van der Waals surface area (Å²) >= 11 is 0. The van der Waals surface area contributed by atoms with E-state index < -0.39 is 0 Å². The normalized spacial score (nSPS) is 15.2. The minimum Gasteiger partial charge on any atom is -1.00 e. The number of hydrogen-bond acceptors (Lipinski definition) is 0. The van der Waals surface area contributed by atoms with Crippen LogP contribution in [0.25, 0.3) is 16.5 Å². The fourth-order valence-electron chi connectivity index (χ4n) is 2.95. The van der Waals surface area contributed by atoms with Crippen molar-refractivity contribution in [2.75, 3.05) is 0 Å². The van der Waals surface area contributed by atoms with E-state index in [0.29, 0.717) is 5.92 Å². The quantitative estimate of drug-likeness (QED) is 0.299. The van der Waals surface area contributed by atoms with Gasteiger partial charge in [-0.25, -0.2) is 5.57 Å². The van der Waals surface area contributed by atoms with Crippen molar-refractivity contribution in [3.8, 4) is 5.69 Å². The molecule has 1 atom stereocenters. The van der Waals surface area contributed by atoms with Gasteiger partial charge in [-0.05, 0) is 17.8 Å². The van der Waals surface area contributed by atoms with Crippen LogP contribution in [-0.4, -0.2) is 4.57 Å². The Morgan fingerprint density at radius 1 is 0.962 bits per heavy atom. The monoisotopic (exact) mass is 551 g/mol. The van der Waals surface area contributed by atoms with Gasteiger partial charge in [-0.3, -0.25) is 6.08 Å². The fourth-order valence-corrected chi connectivity index (χ4v) is 2.95. The summed E-state index contributed by atoms with van der Waals surface area (Å²) in [5.41, 5.74) is 5.48. The maximum atomic E-state index is 3.36. The van der Waals surface area contributed by atoms with Crippen LogP contribution in [0.4, 0.5) is 0 Å². The third-order valence-electron chi connectivity index (χ3n) is 4.74. The van der Waals surface area contributed by atoms with Crippen LogP contribution < -0.4 is 24.8 Å². The van der Waals surface area contributed by atoms with Crippen LogP contribution in [0.5, 0.6) is 0 Å². The van der Waals surface area contributed by atoms with E-state index in [-0.39, 0.29) is 50.7 Å². The van der Waals surface area contributed by atoms with E-state index in [0.717, 1.165) is 0 Å². The summed E-state index contributed by atoms with van der Waals surface area (Å²) in [6.07, 6.45) is 7.49. The van der Waals surface area contributed by atoms with E-state index >= 15 is 0 Å². The van der Waals surface area contributed by atoms with Gasteiger partial charge in [0.2, 0.25) is 0 Å². The molecule has 0 spiro atoms. The van der Waals surface area contributed by atoms with Crippen LogP contribution in [0.15, 0.2) is 77.6 Å². The molecule has 0 radical (unpaired) electrons. The zero-order valence-corrected chi connectivity index (χ0v) is 20.7. The fraction of sp³-hybridized carbons (Fsp3) is 0.227. The first-order valence-corrected chi connectivity index (χ1v) is 8.13. The molecule has 134 valence electrons. The van der Waals surface area contributed by atoms with E-state index in [1.165, 1.54) is 33.2 Å². The van der Waals surface area contributed by atoms with Crippen molar-refractivity contribution in [3.63, 3.8) is 0 Å². The molecule has 0 amide bonds. The van der Waals surface area contributed by atoms with Crippen molar-refractivity contribution in [2.24, 2.45) is 5.92 Å². The Hall–Kier alpha value is -0.960. The average molecular weight is 551 g/mol. The van der Waals surface area contributed by atoms with Gasteiger partial charge in [-0.15, -0.1) is 48.0 Å². The number of benzene rings is 1. The maximum Gasteiger partial charge on any atom is 4.00 e. The summed E-state index contributed by atoms with van der Waals surface area (Å²) in [5, 5.41) is 2.60. The molecule has 1 aromatic heterocycles. The molecule has 4 heteroatoms. The molecule has 1 aliphatic rings. The van der Waals surface area contributed by atoms with Gasteiger partial charge in [0.15, 0.2) is 0 Å². The first-order valence-electron chi connectivity index (χ1n) is 8.13. The van der Waals surface area contributed by atoms with Crippen molar-refractivity contribution in [1.82, 2.24) is 4.57 Å². The zero-order valence-electron chi connectivity index (χ0n) is 15.6. The Bertz CT molecular complexity index is 840. The molecule has 1 aliphatic carbocycles. The Kier molecular flexibility index (Phi) is 10.6. The molecule has 2 aromatic carbocycles. The topological polar surface area (TPSA) is 4.93 Å². The Labute approximate surface area is 188 Å². The molecule has 0 bridgehead atoms. The van der Waals surface area contributed by atoms with Crippen molar-refractivity contribution in [1.29, 1.82) is 0 Å². The predicted molar refractivity (Wildman–Crippen MR) is 98.8 cm³/mol. The van der Waals surface area contributed by atoms with E-state index in [1.54, 1.807) is 0 Å². The number of halogens is 2. The molecular weight excluding hydrogens is 528 g/mol. The van der Waals surface area contributed by atoms with Gasteiger partial charge in [0.1, 0.15) is 0 Å². The summed E-state index contributed by atoms with van der Waals surface area (Å²) in [4.78, 5) is 0. The van der Waals surface area contributed by atoms with E-state index in [2.05, 4.69) is 87.1 Å². The zero-order chi connectivity index (χ0) is 16.4. The van der Waals surface area contributed by atoms with Gasteiger partial charge >= 0.3 is 25.8 Å². The minimum absolute atomic E-state index is 0. The van der Waals surface area contributed by atoms with E-state index in [1.807, 2.05) is 12.1 Å². The smallest absolute Gasteiger partial charge is 1.00 e. The average Bonchev–Trinajstić information content (AvgIpc) is 3.25. The Balaban J connectivity index is 0.000000466. The molecule has 1 heterocycles. The number of aromatic nitrogens is 1. The Morgan fingerprint density at radius 2 is 1.58 bits per heavy atom. The second-order valence-electron chi connectivity index (χ2n) is 6.23. The molecule has 0 aliphatic heterocycles. The second-order valence-corrected chi connectivity index (χ2v) is 6.23. The van der Waals surface area contributed by atoms with E-state index in [9.17, 15) is 0 Å². The van der Waals surface area contributed by atoms with Gasteiger partial charge in [-0.1, -0.05) is 32.8 Å². The molecular formula is C22H23Cl2HfN. The molecule has 0 saturated heterocycles. The minimum atomic E-state index is 0. The largest absolute Gasteiger partial charge is 4.00 e. The van der Waals surface area contributed by atoms with Crippen LogP contribution in [0, 0.1) is 12.0 Å². The van der Waals surface area contributed by atoms with Crippen LogP contribution in [-0.2, 0) is 25.8 Å². The van der Waals surface area contributed by atoms with Crippen LogP contribution >= 0.6 is 0 Å². The van der Waals surface area contributed by atoms with Gasteiger partial charge in [0.05, 0.1) is 0 Å². The van der Waals surface area contributed by atoms with Crippen molar-refractivity contribution >= 4 is 10.8 Å². The van der Waals surface area contributed by atoms with Crippen molar-refractivity contribution < 1.29 is 50.7 Å².